The molecule has 2 aromatic rings. The van der Waals surface area contributed by atoms with Gasteiger partial charge in [-0.15, -0.1) is 0 Å². The Kier molecular flexibility index (Phi) is 14.2. The van der Waals surface area contributed by atoms with Gasteiger partial charge in [0.2, 0.25) is 23.6 Å². The van der Waals surface area contributed by atoms with Gasteiger partial charge in [-0.25, -0.2) is 4.79 Å². The zero-order valence-electron chi connectivity index (χ0n) is 24.6. The number of phenolic OH excluding ortho intramolecular Hbond substituents is 1. The molecule has 2 aromatic carbocycles. The first-order valence-electron chi connectivity index (χ1n) is 14.1. The van der Waals surface area contributed by atoms with Gasteiger partial charge in [-0.3, -0.25) is 19.2 Å². The number of nitrogens with two attached hydrogens (primary N) is 1. The maximum atomic E-state index is 13.3. The van der Waals surface area contributed by atoms with Gasteiger partial charge in [0.25, 0.3) is 0 Å². The number of nitrogens with one attached hydrogen (secondary N) is 4. The maximum absolute atomic E-state index is 13.3. The number of hydrogen-bond donors (Lipinski definition) is 9. The molecule has 14 heteroatoms. The number of rotatable bonds is 17. The lowest BCUT2D eigenvalue weighted by molar-refractivity contribution is -0.143. The van der Waals surface area contributed by atoms with Crippen molar-refractivity contribution < 1.29 is 44.4 Å². The highest BCUT2D eigenvalue weighted by molar-refractivity contribution is 5.95. The van der Waals surface area contributed by atoms with Crippen LogP contribution in [0, 0.1) is 5.92 Å². The summed E-state index contributed by atoms with van der Waals surface area (Å²) < 4.78 is 0. The van der Waals surface area contributed by atoms with E-state index in [1.807, 2.05) is 0 Å². The molecule has 4 amide bonds. The lowest BCUT2D eigenvalue weighted by Crippen LogP contribution is -2.60. The van der Waals surface area contributed by atoms with Gasteiger partial charge in [-0.05, 0) is 42.0 Å². The Morgan fingerprint density at radius 3 is 1.61 bits per heavy atom. The van der Waals surface area contributed by atoms with Crippen molar-refractivity contribution in [2.24, 2.45) is 11.7 Å². The Balaban J connectivity index is 2.14. The molecule has 14 nitrogen and oxygen atoms in total. The highest BCUT2D eigenvalue weighted by atomic mass is 16.4. The first-order chi connectivity index (χ1) is 20.8. The van der Waals surface area contributed by atoms with Gasteiger partial charge < -0.3 is 47.4 Å². The highest BCUT2D eigenvalue weighted by Crippen LogP contribution is 2.11. The molecule has 44 heavy (non-hydrogen) atoms. The van der Waals surface area contributed by atoms with E-state index in [4.69, 9.17) is 5.73 Å². The van der Waals surface area contributed by atoms with Crippen LogP contribution in [-0.2, 0) is 36.8 Å². The van der Waals surface area contributed by atoms with Crippen LogP contribution in [0.3, 0.4) is 0 Å². The van der Waals surface area contributed by atoms with Crippen molar-refractivity contribution in [3.8, 4) is 5.75 Å². The Labute approximate surface area is 255 Å². The van der Waals surface area contributed by atoms with E-state index in [-0.39, 0.29) is 30.9 Å². The average Bonchev–Trinajstić information content (AvgIpc) is 2.98. The number of aliphatic carboxylic acids is 1. The van der Waals surface area contributed by atoms with Crippen molar-refractivity contribution in [2.75, 3.05) is 13.2 Å². The zero-order chi connectivity index (χ0) is 32.8. The van der Waals surface area contributed by atoms with Crippen LogP contribution in [-0.4, -0.2) is 93.4 Å². The molecule has 0 unspecified atom stereocenters. The molecule has 0 saturated carbocycles. The summed E-state index contributed by atoms with van der Waals surface area (Å²) in [6.45, 7) is 1.87. The molecular weight excluding hydrogens is 574 g/mol. The summed E-state index contributed by atoms with van der Waals surface area (Å²) in [5.74, 6) is -4.76. The first kappa shape index (κ1) is 35.7. The standard InChI is InChI=1S/C30H41N5O9/c1-17(2)12-23(30(43)44)33-29(42)25(16-37)35-27(40)22(14-18-6-4-3-5-7-18)32-28(41)24(15-36)34-26(39)21(31)13-19-8-10-20(38)11-9-19/h3-11,17,21-25,36-38H,12-16,31H2,1-2H3,(H,32,41)(H,33,42)(H,34,39)(H,35,40)(H,43,44)/t21-,22-,23-,24-,25-/m0/s1. The second-order valence-electron chi connectivity index (χ2n) is 10.7. The zero-order valence-corrected chi connectivity index (χ0v) is 24.6. The van der Waals surface area contributed by atoms with Crippen LogP contribution >= 0.6 is 0 Å². The minimum Gasteiger partial charge on any atom is -0.508 e. The lowest BCUT2D eigenvalue weighted by Gasteiger charge is -2.25. The monoisotopic (exact) mass is 615 g/mol. The number of aromatic hydroxyl groups is 1. The third-order valence-electron chi connectivity index (χ3n) is 6.60. The fourth-order valence-electron chi connectivity index (χ4n) is 4.21. The molecule has 5 atom stereocenters. The molecule has 0 aliphatic carbocycles. The number of aliphatic hydroxyl groups is 2. The highest BCUT2D eigenvalue weighted by Gasteiger charge is 2.32. The molecule has 0 saturated heterocycles. The van der Waals surface area contributed by atoms with Gasteiger partial charge in [0.15, 0.2) is 0 Å². The molecule has 240 valence electrons. The van der Waals surface area contributed by atoms with Gasteiger partial charge in [-0.2, -0.15) is 0 Å². The largest absolute Gasteiger partial charge is 0.508 e. The summed E-state index contributed by atoms with van der Waals surface area (Å²) >= 11 is 0. The second kappa shape index (κ2) is 17.6. The van der Waals surface area contributed by atoms with E-state index in [9.17, 15) is 44.4 Å². The Morgan fingerprint density at radius 2 is 1.11 bits per heavy atom. The summed E-state index contributed by atoms with van der Waals surface area (Å²) in [6.07, 6.45) is 0.137. The second-order valence-corrected chi connectivity index (χ2v) is 10.7. The molecule has 0 bridgehead atoms. The number of amides is 4. The normalized spacial score (nSPS) is 14.4. The first-order valence-corrected chi connectivity index (χ1v) is 14.1. The number of aliphatic hydroxyl groups excluding tert-OH is 2. The van der Waals surface area contributed by atoms with E-state index in [2.05, 4.69) is 21.3 Å². The van der Waals surface area contributed by atoms with Crippen LogP contribution in [0.25, 0.3) is 0 Å². The average molecular weight is 616 g/mol. The van der Waals surface area contributed by atoms with Gasteiger partial charge >= 0.3 is 5.97 Å². The Hall–Kier alpha value is -4.53. The molecule has 0 radical (unpaired) electrons. The number of carbonyl (C=O) groups excluding carboxylic acids is 4. The smallest absolute Gasteiger partial charge is 0.326 e. The van der Waals surface area contributed by atoms with E-state index in [0.29, 0.717) is 11.1 Å². The Bertz CT molecular complexity index is 1260. The van der Waals surface area contributed by atoms with E-state index in [0.717, 1.165) is 0 Å². The predicted octanol–water partition coefficient (Wildman–Crippen LogP) is -1.44. The molecule has 10 N–H and O–H groups in total. The van der Waals surface area contributed by atoms with Crippen molar-refractivity contribution in [3.05, 3.63) is 65.7 Å². The molecule has 0 aliphatic heterocycles. The SMILES string of the molecule is CC(C)C[C@H](NC(=O)[C@H](CO)NC(=O)[C@H](Cc1ccccc1)NC(=O)[C@H](CO)NC(=O)[C@@H](N)Cc1ccc(O)cc1)C(=O)O. The van der Waals surface area contributed by atoms with Crippen molar-refractivity contribution in [3.63, 3.8) is 0 Å². The third-order valence-corrected chi connectivity index (χ3v) is 6.60. The van der Waals surface area contributed by atoms with Crippen molar-refractivity contribution in [1.29, 1.82) is 0 Å². The van der Waals surface area contributed by atoms with Crippen LogP contribution in [0.1, 0.15) is 31.4 Å². The molecule has 0 aromatic heterocycles. The molecule has 0 aliphatic rings. The van der Waals surface area contributed by atoms with Gasteiger partial charge in [-0.1, -0.05) is 56.3 Å². The van der Waals surface area contributed by atoms with Crippen molar-refractivity contribution in [2.45, 2.75) is 63.3 Å². The van der Waals surface area contributed by atoms with E-state index < -0.39 is 73.0 Å². The van der Waals surface area contributed by atoms with E-state index in [1.54, 1.807) is 56.3 Å². The number of carboxylic acid groups (broad SMARTS) is 1. The van der Waals surface area contributed by atoms with Crippen LogP contribution in [0.4, 0.5) is 0 Å². The fraction of sp³-hybridized carbons (Fsp3) is 0.433. The maximum Gasteiger partial charge on any atom is 0.326 e. The fourth-order valence-corrected chi connectivity index (χ4v) is 4.21. The minimum absolute atomic E-state index is 0.0411. The summed E-state index contributed by atoms with van der Waals surface area (Å²) in [4.78, 5) is 63.4. The number of phenols is 1. The summed E-state index contributed by atoms with van der Waals surface area (Å²) in [6, 6.07) is 7.91. The van der Waals surface area contributed by atoms with Crippen molar-refractivity contribution >= 4 is 29.6 Å². The van der Waals surface area contributed by atoms with Gasteiger partial charge in [0.05, 0.1) is 19.3 Å². The molecule has 2 rings (SSSR count). The van der Waals surface area contributed by atoms with Gasteiger partial charge in [0, 0.05) is 6.42 Å². The molecule has 0 spiro atoms. The topological polar surface area (TPSA) is 240 Å². The van der Waals surface area contributed by atoms with E-state index in [1.165, 1.54) is 12.1 Å². The number of carbonyl (C=O) groups is 5. The minimum atomic E-state index is -1.53. The number of carboxylic acids is 1. The van der Waals surface area contributed by atoms with Crippen LogP contribution < -0.4 is 27.0 Å². The van der Waals surface area contributed by atoms with Crippen LogP contribution in [0.15, 0.2) is 54.6 Å². The number of benzene rings is 2. The summed E-state index contributed by atoms with van der Waals surface area (Å²) in [7, 11) is 0. The Morgan fingerprint density at radius 1 is 0.659 bits per heavy atom. The molecule has 0 fully saturated rings. The third kappa shape index (κ3) is 11.6. The molecular formula is C30H41N5O9. The van der Waals surface area contributed by atoms with Gasteiger partial charge in [0.1, 0.15) is 29.9 Å². The summed E-state index contributed by atoms with van der Waals surface area (Å²) in [5, 5.41) is 48.0. The molecule has 0 heterocycles. The number of hydrogen-bond acceptors (Lipinski definition) is 9. The summed E-state index contributed by atoms with van der Waals surface area (Å²) in [5.41, 5.74) is 7.25. The lowest BCUT2D eigenvalue weighted by atomic mass is 10.0. The predicted molar refractivity (Wildman–Crippen MR) is 159 cm³/mol. The van der Waals surface area contributed by atoms with E-state index >= 15 is 0 Å². The van der Waals surface area contributed by atoms with Crippen LogP contribution in [0.5, 0.6) is 5.75 Å². The van der Waals surface area contributed by atoms with Crippen LogP contribution in [0.2, 0.25) is 0 Å². The van der Waals surface area contributed by atoms with Crippen molar-refractivity contribution in [1.82, 2.24) is 21.3 Å². The quantitative estimate of drug-likeness (QED) is 0.100.